The monoisotopic (exact) mass is 268 g/mol. The summed E-state index contributed by atoms with van der Waals surface area (Å²) < 4.78 is 26.7. The second kappa shape index (κ2) is 4.00. The zero-order valence-electron chi connectivity index (χ0n) is 9.92. The smallest absolute Gasteiger partial charge is 0.293 e. The molecule has 3 heterocycles. The fourth-order valence-electron chi connectivity index (χ4n) is 2.13. The van der Waals surface area contributed by atoms with Crippen molar-refractivity contribution in [3.63, 3.8) is 0 Å². The van der Waals surface area contributed by atoms with E-state index >= 15 is 0 Å². The number of hydrogen-bond donors (Lipinski definition) is 0. The van der Waals surface area contributed by atoms with Gasteiger partial charge in [0.15, 0.2) is 5.78 Å². The third-order valence-corrected chi connectivity index (χ3v) is 4.59. The van der Waals surface area contributed by atoms with Crippen molar-refractivity contribution in [3.05, 3.63) is 35.4 Å². The van der Waals surface area contributed by atoms with Crippen LogP contribution >= 0.6 is 7.82 Å². The topological polar surface area (TPSA) is 61.8 Å². The highest BCUT2D eigenvalue weighted by atomic mass is 31.2. The predicted molar refractivity (Wildman–Crippen MR) is 63.4 cm³/mol. The van der Waals surface area contributed by atoms with E-state index in [9.17, 15) is 9.36 Å². The van der Waals surface area contributed by atoms with Crippen LogP contribution in [0.3, 0.4) is 0 Å². The number of rotatable bonds is 2. The lowest BCUT2D eigenvalue weighted by Crippen LogP contribution is -2.50. The van der Waals surface area contributed by atoms with Crippen molar-refractivity contribution < 1.29 is 22.9 Å². The van der Waals surface area contributed by atoms with Crippen molar-refractivity contribution in [1.29, 1.82) is 0 Å². The van der Waals surface area contributed by atoms with Crippen LogP contribution in [0.15, 0.2) is 24.3 Å². The number of phosphoric ester groups is 1. The molecule has 0 saturated carbocycles. The highest BCUT2D eigenvalue weighted by Crippen LogP contribution is 2.60. The van der Waals surface area contributed by atoms with Crippen molar-refractivity contribution in [3.8, 4) is 0 Å². The Kier molecular flexibility index (Phi) is 2.68. The van der Waals surface area contributed by atoms with Gasteiger partial charge in [0.25, 0.3) is 0 Å². The molecule has 4 rings (SSSR count). The summed E-state index contributed by atoms with van der Waals surface area (Å²) in [6.07, 6.45) is 0. The first kappa shape index (κ1) is 12.1. The van der Waals surface area contributed by atoms with Gasteiger partial charge in [0.05, 0.1) is 19.8 Å². The van der Waals surface area contributed by atoms with E-state index in [1.807, 2.05) is 25.1 Å². The van der Waals surface area contributed by atoms with Crippen molar-refractivity contribution in [1.82, 2.24) is 0 Å². The summed E-state index contributed by atoms with van der Waals surface area (Å²) in [5.74, 6) is -0.0860. The molecule has 1 aromatic rings. The average molecular weight is 268 g/mol. The lowest BCUT2D eigenvalue weighted by Gasteiger charge is -2.42. The van der Waals surface area contributed by atoms with Gasteiger partial charge in [0, 0.05) is 5.56 Å². The first-order valence-corrected chi connectivity index (χ1v) is 7.14. The molecule has 3 fully saturated rings. The molecule has 6 heteroatoms. The Labute approximate surface area is 105 Å². The van der Waals surface area contributed by atoms with E-state index in [-0.39, 0.29) is 25.6 Å². The molecule has 0 spiro atoms. The van der Waals surface area contributed by atoms with Crippen molar-refractivity contribution in [2.45, 2.75) is 6.92 Å². The van der Waals surface area contributed by atoms with E-state index in [0.29, 0.717) is 5.56 Å². The summed E-state index contributed by atoms with van der Waals surface area (Å²) in [6.45, 7) is 2.21. The second-order valence-corrected chi connectivity index (χ2v) is 6.42. The Morgan fingerprint density at radius 2 is 1.83 bits per heavy atom. The highest BCUT2D eigenvalue weighted by molar-refractivity contribution is 7.48. The zero-order chi connectivity index (χ0) is 12.8. The van der Waals surface area contributed by atoms with Gasteiger partial charge in [-0.1, -0.05) is 23.8 Å². The van der Waals surface area contributed by atoms with Crippen LogP contribution < -0.4 is 0 Å². The first-order chi connectivity index (χ1) is 8.53. The van der Waals surface area contributed by atoms with Crippen LogP contribution in [0.2, 0.25) is 0 Å². The summed E-state index contributed by atoms with van der Waals surface area (Å²) in [7, 11) is -3.36. The van der Waals surface area contributed by atoms with Crippen LogP contribution in [-0.4, -0.2) is 25.6 Å². The van der Waals surface area contributed by atoms with Gasteiger partial charge in [-0.15, -0.1) is 0 Å². The van der Waals surface area contributed by atoms with Gasteiger partial charge in [0.1, 0.15) is 5.41 Å². The molecule has 3 aliphatic rings. The van der Waals surface area contributed by atoms with E-state index in [1.54, 1.807) is 6.07 Å². The number of carbonyl (C=O) groups is 1. The fraction of sp³-hybridized carbons (Fsp3) is 0.417. The minimum Gasteiger partial charge on any atom is -0.293 e. The maximum absolute atomic E-state index is 12.5. The summed E-state index contributed by atoms with van der Waals surface area (Å²) in [5.41, 5.74) is 0.752. The quantitative estimate of drug-likeness (QED) is 0.608. The van der Waals surface area contributed by atoms with E-state index in [2.05, 4.69) is 0 Å². The van der Waals surface area contributed by atoms with Gasteiger partial charge in [0.2, 0.25) is 0 Å². The van der Waals surface area contributed by atoms with Gasteiger partial charge in [-0.3, -0.25) is 18.4 Å². The minimum atomic E-state index is -3.36. The van der Waals surface area contributed by atoms with Crippen LogP contribution in [0.4, 0.5) is 0 Å². The van der Waals surface area contributed by atoms with E-state index in [1.165, 1.54) is 0 Å². The summed E-state index contributed by atoms with van der Waals surface area (Å²) in [4.78, 5) is 12.5. The molecular formula is C12H13O5P. The van der Waals surface area contributed by atoms with Crippen LogP contribution in [0.5, 0.6) is 0 Å². The number of phosphoric acid groups is 1. The van der Waals surface area contributed by atoms with Crippen molar-refractivity contribution >= 4 is 13.6 Å². The Hall–Kier alpha value is -1.00. The van der Waals surface area contributed by atoms with E-state index < -0.39 is 13.2 Å². The van der Waals surface area contributed by atoms with Crippen molar-refractivity contribution in [2.24, 2.45) is 5.41 Å². The van der Waals surface area contributed by atoms with Gasteiger partial charge in [-0.2, -0.15) is 0 Å². The maximum atomic E-state index is 12.5. The van der Waals surface area contributed by atoms with E-state index in [4.69, 9.17) is 13.6 Å². The third kappa shape index (κ3) is 1.84. The molecule has 0 N–H and O–H groups in total. The van der Waals surface area contributed by atoms with Crippen LogP contribution in [0, 0.1) is 12.3 Å². The molecule has 3 saturated heterocycles. The number of carbonyl (C=O) groups excluding carboxylic acids is 1. The lowest BCUT2D eigenvalue weighted by molar-refractivity contribution is -0.0737. The standard InChI is InChI=1S/C12H13O5P/c1-9-3-2-4-10(5-9)11(13)12-6-15-18(14,16-7-12)17-8-12/h2-5H,6-8H2,1H3. The molecule has 3 aliphatic heterocycles. The van der Waals surface area contributed by atoms with Crippen LogP contribution in [-0.2, 0) is 18.1 Å². The molecule has 0 unspecified atom stereocenters. The molecule has 5 nitrogen and oxygen atoms in total. The Bertz CT molecular complexity index is 522. The highest BCUT2D eigenvalue weighted by Gasteiger charge is 2.54. The summed E-state index contributed by atoms with van der Waals surface area (Å²) in [5, 5.41) is 0. The fourth-order valence-corrected chi connectivity index (χ4v) is 3.57. The molecule has 0 atom stereocenters. The Balaban J connectivity index is 1.91. The average Bonchev–Trinajstić information content (AvgIpc) is 2.39. The first-order valence-electron chi connectivity index (χ1n) is 5.68. The van der Waals surface area contributed by atoms with Gasteiger partial charge < -0.3 is 0 Å². The lowest BCUT2D eigenvalue weighted by atomic mass is 9.82. The maximum Gasteiger partial charge on any atom is 0.474 e. The molecule has 0 amide bonds. The second-order valence-electron chi connectivity index (χ2n) is 4.75. The number of fused-ring (bicyclic) bond motifs is 3. The van der Waals surface area contributed by atoms with Crippen LogP contribution in [0.1, 0.15) is 15.9 Å². The Morgan fingerprint density at radius 3 is 2.39 bits per heavy atom. The normalized spacial score (nSPS) is 34.5. The summed E-state index contributed by atoms with van der Waals surface area (Å²) >= 11 is 0. The minimum absolute atomic E-state index is 0.0860. The van der Waals surface area contributed by atoms with Crippen LogP contribution in [0.25, 0.3) is 0 Å². The third-order valence-electron chi connectivity index (χ3n) is 3.26. The largest absolute Gasteiger partial charge is 0.474 e. The zero-order valence-corrected chi connectivity index (χ0v) is 10.8. The number of Topliss-reactive ketones (excluding diaryl/α,β-unsaturated/α-hetero) is 1. The molecule has 1 aromatic carbocycles. The van der Waals surface area contributed by atoms with Gasteiger partial charge >= 0.3 is 7.82 Å². The molecule has 0 aliphatic carbocycles. The number of ketones is 1. The van der Waals surface area contributed by atoms with Gasteiger partial charge in [-0.05, 0) is 13.0 Å². The summed E-state index contributed by atoms with van der Waals surface area (Å²) in [6, 6.07) is 7.33. The molecule has 96 valence electrons. The molecule has 0 aromatic heterocycles. The van der Waals surface area contributed by atoms with Gasteiger partial charge in [-0.25, -0.2) is 4.57 Å². The SMILES string of the molecule is Cc1cccc(C(=O)C23COP(=O)(OC2)OC3)c1. The molecular weight excluding hydrogens is 255 g/mol. The number of benzene rings is 1. The van der Waals surface area contributed by atoms with Crippen molar-refractivity contribution in [2.75, 3.05) is 19.8 Å². The molecule has 18 heavy (non-hydrogen) atoms. The predicted octanol–water partition coefficient (Wildman–Crippen LogP) is 2.35. The molecule has 0 radical (unpaired) electrons. The number of aryl methyl sites for hydroxylation is 1. The Morgan fingerprint density at radius 1 is 1.22 bits per heavy atom. The molecule has 2 bridgehead atoms. The van der Waals surface area contributed by atoms with E-state index in [0.717, 1.165) is 5.56 Å². The number of hydrogen-bond acceptors (Lipinski definition) is 5.